The van der Waals surface area contributed by atoms with E-state index >= 15 is 0 Å². The third kappa shape index (κ3) is 2.87. The second-order valence-electron chi connectivity index (χ2n) is 4.38. The summed E-state index contributed by atoms with van der Waals surface area (Å²) < 4.78 is 11.0. The van der Waals surface area contributed by atoms with E-state index in [1.165, 1.54) is 0 Å². The Bertz CT molecular complexity index is 535. The summed E-state index contributed by atoms with van der Waals surface area (Å²) >= 11 is 0. The SMILES string of the molecule is Cc1ccc(C)c(OCc2nnc(C(C)N)o2)c1. The van der Waals surface area contributed by atoms with Crippen LogP contribution >= 0.6 is 0 Å². The molecule has 1 aromatic carbocycles. The number of nitrogens with zero attached hydrogens (tertiary/aromatic N) is 2. The molecule has 1 aromatic heterocycles. The fraction of sp³-hybridized carbons (Fsp3) is 0.385. The van der Waals surface area contributed by atoms with Crippen LogP contribution in [0.25, 0.3) is 0 Å². The van der Waals surface area contributed by atoms with E-state index in [0.717, 1.165) is 16.9 Å². The van der Waals surface area contributed by atoms with E-state index in [-0.39, 0.29) is 12.6 Å². The highest BCUT2D eigenvalue weighted by Crippen LogP contribution is 2.20. The fourth-order valence-electron chi connectivity index (χ4n) is 1.51. The van der Waals surface area contributed by atoms with Gasteiger partial charge in [0, 0.05) is 0 Å². The molecule has 18 heavy (non-hydrogen) atoms. The first kappa shape index (κ1) is 12.6. The lowest BCUT2D eigenvalue weighted by molar-refractivity contribution is 0.255. The van der Waals surface area contributed by atoms with Gasteiger partial charge in [0.1, 0.15) is 5.75 Å². The molecule has 0 bridgehead atoms. The Hall–Kier alpha value is -1.88. The van der Waals surface area contributed by atoms with E-state index in [1.807, 2.05) is 32.0 Å². The Kier molecular flexibility index (Phi) is 3.62. The van der Waals surface area contributed by atoms with Crippen molar-refractivity contribution in [2.24, 2.45) is 5.73 Å². The molecule has 2 N–H and O–H groups in total. The molecule has 5 nitrogen and oxygen atoms in total. The smallest absolute Gasteiger partial charge is 0.253 e. The number of aromatic nitrogens is 2. The van der Waals surface area contributed by atoms with Crippen LogP contribution in [0.2, 0.25) is 0 Å². The third-order valence-electron chi connectivity index (χ3n) is 2.57. The zero-order valence-corrected chi connectivity index (χ0v) is 10.8. The van der Waals surface area contributed by atoms with E-state index in [0.29, 0.717) is 11.8 Å². The molecule has 1 heterocycles. The van der Waals surface area contributed by atoms with Gasteiger partial charge in [0.2, 0.25) is 5.89 Å². The third-order valence-corrected chi connectivity index (χ3v) is 2.57. The van der Waals surface area contributed by atoms with Gasteiger partial charge in [-0.25, -0.2) is 0 Å². The molecule has 2 rings (SSSR count). The number of nitrogens with two attached hydrogens (primary N) is 1. The fourth-order valence-corrected chi connectivity index (χ4v) is 1.51. The maximum absolute atomic E-state index is 5.66. The van der Waals surface area contributed by atoms with Crippen molar-refractivity contribution >= 4 is 0 Å². The molecule has 0 aliphatic carbocycles. The first-order valence-electron chi connectivity index (χ1n) is 5.84. The van der Waals surface area contributed by atoms with Gasteiger partial charge in [-0.1, -0.05) is 12.1 Å². The zero-order chi connectivity index (χ0) is 13.1. The Morgan fingerprint density at radius 3 is 2.78 bits per heavy atom. The second kappa shape index (κ2) is 5.18. The van der Waals surface area contributed by atoms with Crippen LogP contribution < -0.4 is 10.5 Å². The highest BCUT2D eigenvalue weighted by Gasteiger charge is 2.10. The van der Waals surface area contributed by atoms with E-state index in [4.69, 9.17) is 14.9 Å². The minimum absolute atomic E-state index is 0.254. The minimum Gasteiger partial charge on any atom is -0.484 e. The Labute approximate surface area is 106 Å². The summed E-state index contributed by atoms with van der Waals surface area (Å²) in [6.07, 6.45) is 0. The molecule has 5 heteroatoms. The van der Waals surface area contributed by atoms with Gasteiger partial charge in [-0.3, -0.25) is 0 Å². The van der Waals surface area contributed by atoms with E-state index in [1.54, 1.807) is 6.92 Å². The molecule has 0 radical (unpaired) electrons. The number of benzene rings is 1. The monoisotopic (exact) mass is 247 g/mol. The van der Waals surface area contributed by atoms with Gasteiger partial charge in [-0.15, -0.1) is 10.2 Å². The second-order valence-corrected chi connectivity index (χ2v) is 4.38. The predicted octanol–water partition coefficient (Wildman–Crippen LogP) is 2.29. The van der Waals surface area contributed by atoms with Crippen LogP contribution in [-0.4, -0.2) is 10.2 Å². The van der Waals surface area contributed by atoms with Crippen molar-refractivity contribution in [2.45, 2.75) is 33.4 Å². The van der Waals surface area contributed by atoms with Crippen LogP contribution in [0, 0.1) is 13.8 Å². The molecule has 0 saturated heterocycles. The normalized spacial score (nSPS) is 12.4. The number of hydrogen-bond acceptors (Lipinski definition) is 5. The average Bonchev–Trinajstić information content (AvgIpc) is 2.79. The van der Waals surface area contributed by atoms with E-state index in [9.17, 15) is 0 Å². The van der Waals surface area contributed by atoms with Gasteiger partial charge in [-0.05, 0) is 38.0 Å². The Morgan fingerprint density at radius 1 is 1.33 bits per heavy atom. The molecular weight excluding hydrogens is 230 g/mol. The van der Waals surface area contributed by atoms with Crippen molar-refractivity contribution in [1.82, 2.24) is 10.2 Å². The number of ether oxygens (including phenoxy) is 1. The van der Waals surface area contributed by atoms with Gasteiger partial charge in [0.15, 0.2) is 6.61 Å². The molecule has 0 amide bonds. The molecule has 96 valence electrons. The zero-order valence-electron chi connectivity index (χ0n) is 10.8. The number of rotatable bonds is 4. The molecule has 0 aliphatic rings. The minimum atomic E-state index is -0.257. The lowest BCUT2D eigenvalue weighted by atomic mass is 10.1. The van der Waals surface area contributed by atoms with Crippen molar-refractivity contribution in [3.8, 4) is 5.75 Å². The van der Waals surface area contributed by atoms with E-state index < -0.39 is 0 Å². The summed E-state index contributed by atoms with van der Waals surface area (Å²) in [4.78, 5) is 0. The summed E-state index contributed by atoms with van der Waals surface area (Å²) in [5.41, 5.74) is 7.87. The van der Waals surface area contributed by atoms with Crippen molar-refractivity contribution in [2.75, 3.05) is 0 Å². The first-order chi connectivity index (χ1) is 8.56. The van der Waals surface area contributed by atoms with E-state index in [2.05, 4.69) is 10.2 Å². The maximum atomic E-state index is 5.66. The lowest BCUT2D eigenvalue weighted by Gasteiger charge is -2.07. The molecule has 0 spiro atoms. The van der Waals surface area contributed by atoms with Gasteiger partial charge in [0.25, 0.3) is 5.89 Å². The van der Waals surface area contributed by atoms with Crippen LogP contribution in [0.15, 0.2) is 22.6 Å². The molecule has 1 unspecified atom stereocenters. The molecule has 0 saturated carbocycles. The molecular formula is C13H17N3O2. The lowest BCUT2D eigenvalue weighted by Crippen LogP contribution is -2.04. The Morgan fingerprint density at radius 2 is 2.11 bits per heavy atom. The predicted molar refractivity (Wildman–Crippen MR) is 67.1 cm³/mol. The highest BCUT2D eigenvalue weighted by atomic mass is 16.5. The standard InChI is InChI=1S/C13H17N3O2/c1-8-4-5-9(2)11(6-8)17-7-12-15-16-13(18-12)10(3)14/h4-6,10H,7,14H2,1-3H3. The van der Waals surface area contributed by atoms with Crippen molar-refractivity contribution in [3.05, 3.63) is 41.1 Å². The summed E-state index contributed by atoms with van der Waals surface area (Å²) in [5, 5.41) is 7.73. The van der Waals surface area contributed by atoms with Crippen molar-refractivity contribution < 1.29 is 9.15 Å². The number of aryl methyl sites for hydroxylation is 2. The molecule has 1 atom stereocenters. The van der Waals surface area contributed by atoms with Crippen molar-refractivity contribution in [1.29, 1.82) is 0 Å². The topological polar surface area (TPSA) is 74.2 Å². The largest absolute Gasteiger partial charge is 0.484 e. The molecule has 0 aliphatic heterocycles. The molecule has 2 aromatic rings. The van der Waals surface area contributed by atoms with Crippen LogP contribution in [0.5, 0.6) is 5.75 Å². The van der Waals surface area contributed by atoms with Gasteiger partial charge in [-0.2, -0.15) is 0 Å². The summed E-state index contributed by atoms with van der Waals surface area (Å²) in [7, 11) is 0. The highest BCUT2D eigenvalue weighted by molar-refractivity contribution is 5.35. The summed E-state index contributed by atoms with van der Waals surface area (Å²) in [5.74, 6) is 1.69. The van der Waals surface area contributed by atoms with Gasteiger partial charge in [0.05, 0.1) is 6.04 Å². The average molecular weight is 247 g/mol. The van der Waals surface area contributed by atoms with Crippen LogP contribution in [0.3, 0.4) is 0 Å². The maximum Gasteiger partial charge on any atom is 0.253 e. The number of hydrogen-bond donors (Lipinski definition) is 1. The summed E-state index contributed by atoms with van der Waals surface area (Å²) in [6.45, 7) is 6.07. The first-order valence-corrected chi connectivity index (χ1v) is 5.84. The van der Waals surface area contributed by atoms with Crippen LogP contribution in [0.1, 0.15) is 35.9 Å². The van der Waals surface area contributed by atoms with Crippen LogP contribution in [-0.2, 0) is 6.61 Å². The van der Waals surface area contributed by atoms with Gasteiger partial charge >= 0.3 is 0 Å². The van der Waals surface area contributed by atoms with Crippen LogP contribution in [0.4, 0.5) is 0 Å². The van der Waals surface area contributed by atoms with Crippen molar-refractivity contribution in [3.63, 3.8) is 0 Å². The Balaban J connectivity index is 2.04. The molecule has 0 fully saturated rings. The van der Waals surface area contributed by atoms with Gasteiger partial charge < -0.3 is 14.9 Å². The quantitative estimate of drug-likeness (QED) is 0.897. The summed E-state index contributed by atoms with van der Waals surface area (Å²) in [6, 6.07) is 5.79.